The van der Waals surface area contributed by atoms with Gasteiger partial charge in [-0.25, -0.2) is 0 Å². The van der Waals surface area contributed by atoms with Crippen molar-refractivity contribution in [2.75, 3.05) is 12.8 Å². The number of allylic oxidation sites excluding steroid dienone is 4. The highest BCUT2D eigenvalue weighted by atomic mass is 31.1. The van der Waals surface area contributed by atoms with Crippen LogP contribution in [0.4, 0.5) is 0 Å². The van der Waals surface area contributed by atoms with Gasteiger partial charge in [0, 0.05) is 0 Å². The van der Waals surface area contributed by atoms with Crippen molar-refractivity contribution in [3.63, 3.8) is 0 Å². The van der Waals surface area contributed by atoms with Crippen molar-refractivity contribution in [3.05, 3.63) is 24.3 Å². The first-order valence-corrected chi connectivity index (χ1v) is 7.80. The average molecular weight is 207 g/mol. The van der Waals surface area contributed by atoms with Crippen molar-refractivity contribution in [3.8, 4) is 0 Å². The van der Waals surface area contributed by atoms with Crippen LogP contribution in [-0.2, 0) is 0 Å². The first-order chi connectivity index (χ1) is 6.77. The van der Waals surface area contributed by atoms with Gasteiger partial charge in [0.25, 0.3) is 0 Å². The zero-order valence-corrected chi connectivity index (χ0v) is 9.92. The monoisotopic (exact) mass is 207 g/mol. The maximum Gasteiger partial charge on any atom is 0.106 e. The molecule has 0 spiro atoms. The Balaban J connectivity index is 1.92. The van der Waals surface area contributed by atoms with E-state index in [-0.39, 0.29) is 7.55 Å². The Morgan fingerprint density at radius 2 is 2.07 bits per heavy atom. The van der Waals surface area contributed by atoms with E-state index in [9.17, 15) is 0 Å². The molecule has 2 rings (SSSR count). The summed E-state index contributed by atoms with van der Waals surface area (Å²) in [6.07, 6.45) is 19.0. The standard InChI is InChI=1S/C13H20P/c1-14(2)10-9-12-8-7-11-5-3-4-6-13(11)12/h3-6,11-13H,1,7-10H2,2H3/q+1. The van der Waals surface area contributed by atoms with Crippen LogP contribution >= 0.6 is 7.55 Å². The molecule has 1 saturated carbocycles. The molecule has 0 heterocycles. The first-order valence-electron chi connectivity index (χ1n) is 5.64. The van der Waals surface area contributed by atoms with Gasteiger partial charge in [0.1, 0.15) is 6.16 Å². The summed E-state index contributed by atoms with van der Waals surface area (Å²) in [5, 5.41) is 0. The summed E-state index contributed by atoms with van der Waals surface area (Å²) in [4.78, 5) is 0. The number of hydrogen-bond acceptors (Lipinski definition) is 0. The zero-order valence-electron chi connectivity index (χ0n) is 9.02. The van der Waals surface area contributed by atoms with E-state index in [0.29, 0.717) is 0 Å². The van der Waals surface area contributed by atoms with Crippen molar-refractivity contribution in [1.29, 1.82) is 0 Å². The van der Waals surface area contributed by atoms with Gasteiger partial charge in [0.05, 0.1) is 20.5 Å². The molecule has 0 aromatic carbocycles. The summed E-state index contributed by atoms with van der Waals surface area (Å²) < 4.78 is 0. The molecule has 0 aromatic heterocycles. The van der Waals surface area contributed by atoms with E-state index >= 15 is 0 Å². The lowest BCUT2D eigenvalue weighted by Gasteiger charge is -2.20. The van der Waals surface area contributed by atoms with Gasteiger partial charge in [-0.2, -0.15) is 0 Å². The summed E-state index contributed by atoms with van der Waals surface area (Å²) in [6, 6.07) is 0. The Bertz CT molecular complexity index is 275. The van der Waals surface area contributed by atoms with E-state index in [1.54, 1.807) is 0 Å². The van der Waals surface area contributed by atoms with Crippen LogP contribution in [0.25, 0.3) is 0 Å². The van der Waals surface area contributed by atoms with Crippen LogP contribution in [0.5, 0.6) is 0 Å². The number of hydrogen-bond donors (Lipinski definition) is 0. The lowest BCUT2D eigenvalue weighted by atomic mass is 9.85. The molecule has 0 aromatic rings. The number of rotatable bonds is 3. The third kappa shape index (κ3) is 2.17. The fraction of sp³-hybridized carbons (Fsp3) is 0.615. The Morgan fingerprint density at radius 3 is 2.86 bits per heavy atom. The summed E-state index contributed by atoms with van der Waals surface area (Å²) >= 11 is 0. The van der Waals surface area contributed by atoms with E-state index in [0.717, 1.165) is 17.8 Å². The van der Waals surface area contributed by atoms with Gasteiger partial charge in [-0.3, -0.25) is 0 Å². The molecule has 0 amide bonds. The minimum atomic E-state index is 0.0667. The Labute approximate surface area is 88.5 Å². The van der Waals surface area contributed by atoms with Crippen LogP contribution in [0.15, 0.2) is 24.3 Å². The molecule has 4 unspecified atom stereocenters. The van der Waals surface area contributed by atoms with E-state index < -0.39 is 0 Å². The second-order valence-corrected chi connectivity index (χ2v) is 6.88. The smallest absolute Gasteiger partial charge is 0.0808 e. The summed E-state index contributed by atoms with van der Waals surface area (Å²) in [5.74, 6) is 2.67. The SMILES string of the molecule is C=[P+](C)CCC1CCC2C=CC=CC21. The Morgan fingerprint density at radius 1 is 1.29 bits per heavy atom. The maximum atomic E-state index is 4.14. The summed E-state index contributed by atoms with van der Waals surface area (Å²) in [7, 11) is 0.0667. The van der Waals surface area contributed by atoms with Crippen molar-refractivity contribution < 1.29 is 0 Å². The highest BCUT2D eigenvalue weighted by molar-refractivity contribution is 7.54. The quantitative estimate of drug-likeness (QED) is 0.619. The highest BCUT2D eigenvalue weighted by Gasteiger charge is 2.33. The molecular weight excluding hydrogens is 187 g/mol. The minimum Gasteiger partial charge on any atom is -0.0808 e. The van der Waals surface area contributed by atoms with Crippen LogP contribution in [0.3, 0.4) is 0 Å². The Hall–Kier alpha value is -0.350. The third-order valence-electron chi connectivity index (χ3n) is 3.59. The molecule has 0 bridgehead atoms. The average Bonchev–Trinajstić information content (AvgIpc) is 2.58. The summed E-state index contributed by atoms with van der Waals surface area (Å²) in [6.45, 7) is 2.29. The molecular formula is C13H20P+. The molecule has 1 fully saturated rings. The molecule has 2 aliphatic rings. The topological polar surface area (TPSA) is 0 Å². The van der Waals surface area contributed by atoms with Crippen LogP contribution in [0.1, 0.15) is 19.3 Å². The van der Waals surface area contributed by atoms with E-state index in [2.05, 4.69) is 37.3 Å². The van der Waals surface area contributed by atoms with Crippen LogP contribution < -0.4 is 0 Å². The predicted molar refractivity (Wildman–Crippen MR) is 67.4 cm³/mol. The number of fused-ring (bicyclic) bond motifs is 1. The zero-order chi connectivity index (χ0) is 9.97. The first kappa shape index (κ1) is 10.2. The molecule has 1 heteroatoms. The van der Waals surface area contributed by atoms with Gasteiger partial charge in [-0.05, 0) is 37.0 Å². The van der Waals surface area contributed by atoms with E-state index in [4.69, 9.17) is 0 Å². The van der Waals surface area contributed by atoms with E-state index in [1.807, 2.05) is 0 Å². The molecule has 0 aliphatic heterocycles. The predicted octanol–water partition coefficient (Wildman–Crippen LogP) is 3.69. The van der Waals surface area contributed by atoms with Gasteiger partial charge in [-0.15, -0.1) is 0 Å². The van der Waals surface area contributed by atoms with Crippen molar-refractivity contribution >= 4 is 13.8 Å². The van der Waals surface area contributed by atoms with Crippen molar-refractivity contribution in [2.45, 2.75) is 19.3 Å². The van der Waals surface area contributed by atoms with Gasteiger partial charge in [0.15, 0.2) is 0 Å². The van der Waals surface area contributed by atoms with Gasteiger partial charge >= 0.3 is 0 Å². The minimum absolute atomic E-state index is 0.0667. The molecule has 0 N–H and O–H groups in total. The third-order valence-corrected chi connectivity index (χ3v) is 4.62. The van der Waals surface area contributed by atoms with Crippen molar-refractivity contribution in [2.24, 2.45) is 17.8 Å². The summed E-state index contributed by atoms with van der Waals surface area (Å²) in [5.41, 5.74) is 0. The molecule has 0 saturated heterocycles. The molecule has 14 heavy (non-hydrogen) atoms. The van der Waals surface area contributed by atoms with Crippen LogP contribution in [0.2, 0.25) is 0 Å². The second kappa shape index (κ2) is 4.45. The lowest BCUT2D eigenvalue weighted by Crippen LogP contribution is -2.13. The van der Waals surface area contributed by atoms with Crippen LogP contribution in [0, 0.1) is 17.8 Å². The largest absolute Gasteiger partial charge is 0.106 e. The molecule has 76 valence electrons. The van der Waals surface area contributed by atoms with E-state index in [1.165, 1.54) is 25.4 Å². The van der Waals surface area contributed by atoms with Crippen LogP contribution in [-0.4, -0.2) is 19.1 Å². The van der Waals surface area contributed by atoms with Gasteiger partial charge in [0.2, 0.25) is 0 Å². The molecule has 0 nitrogen and oxygen atoms in total. The molecule has 0 radical (unpaired) electrons. The highest BCUT2D eigenvalue weighted by Crippen LogP contribution is 2.43. The van der Waals surface area contributed by atoms with Gasteiger partial charge in [-0.1, -0.05) is 24.3 Å². The van der Waals surface area contributed by atoms with Gasteiger partial charge < -0.3 is 0 Å². The fourth-order valence-corrected chi connectivity index (χ4v) is 3.56. The maximum absolute atomic E-state index is 4.14. The Kier molecular flexibility index (Phi) is 3.23. The fourth-order valence-electron chi connectivity index (χ4n) is 2.79. The van der Waals surface area contributed by atoms with Crippen molar-refractivity contribution in [1.82, 2.24) is 0 Å². The molecule has 2 aliphatic carbocycles. The lowest BCUT2D eigenvalue weighted by molar-refractivity contribution is 0.410. The molecule has 4 atom stereocenters. The normalized spacial score (nSPS) is 35.8. The second-order valence-electron chi connectivity index (χ2n) is 4.72.